The predicted octanol–water partition coefficient (Wildman–Crippen LogP) is 1.64. The Morgan fingerprint density at radius 1 is 1.56 bits per heavy atom. The van der Waals surface area contributed by atoms with Crippen LogP contribution in [0.4, 0.5) is 5.13 Å². The normalized spacial score (nSPS) is 17.6. The largest absolute Gasteiger partial charge is 0.480 e. The number of aryl methyl sites for hydroxylation is 1. The van der Waals surface area contributed by atoms with Crippen LogP contribution in [0.1, 0.15) is 24.1 Å². The van der Waals surface area contributed by atoms with Crippen LogP contribution in [0, 0.1) is 12.3 Å². The van der Waals surface area contributed by atoms with E-state index >= 15 is 0 Å². The van der Waals surface area contributed by atoms with E-state index in [0.29, 0.717) is 18.0 Å². The lowest BCUT2D eigenvalue weighted by Crippen LogP contribution is -2.48. The minimum absolute atomic E-state index is 0.415. The van der Waals surface area contributed by atoms with E-state index in [4.69, 9.17) is 5.11 Å². The van der Waals surface area contributed by atoms with Crippen LogP contribution in [-0.4, -0.2) is 22.0 Å². The fourth-order valence-electron chi connectivity index (χ4n) is 1.70. The van der Waals surface area contributed by atoms with Crippen molar-refractivity contribution in [1.82, 2.24) is 4.98 Å². The van der Waals surface area contributed by atoms with E-state index in [-0.39, 0.29) is 0 Å². The van der Waals surface area contributed by atoms with Crippen molar-refractivity contribution in [3.05, 3.63) is 11.1 Å². The number of aliphatic carboxylic acids is 1. The Labute approximate surface area is 96.5 Å². The first-order valence-corrected chi connectivity index (χ1v) is 5.83. The van der Waals surface area contributed by atoms with Crippen molar-refractivity contribution >= 4 is 28.3 Å². The van der Waals surface area contributed by atoms with E-state index in [1.165, 1.54) is 11.3 Å². The lowest BCUT2D eigenvalue weighted by atomic mass is 9.68. The molecule has 0 atom stereocenters. The third-order valence-corrected chi connectivity index (χ3v) is 3.72. The fraction of sp³-hybridized carbons (Fsp3) is 0.500. The maximum absolute atomic E-state index is 11.8. The summed E-state index contributed by atoms with van der Waals surface area (Å²) in [4.78, 5) is 27.9. The van der Waals surface area contributed by atoms with Gasteiger partial charge in [0, 0.05) is 11.1 Å². The van der Waals surface area contributed by atoms with Gasteiger partial charge >= 0.3 is 5.97 Å². The van der Waals surface area contributed by atoms with Gasteiger partial charge in [0.2, 0.25) is 5.91 Å². The first-order valence-electron chi connectivity index (χ1n) is 5.02. The molecule has 5 nitrogen and oxygen atoms in total. The van der Waals surface area contributed by atoms with Crippen molar-refractivity contribution in [1.29, 1.82) is 0 Å². The van der Waals surface area contributed by atoms with E-state index in [1.807, 2.05) is 6.92 Å². The van der Waals surface area contributed by atoms with Crippen LogP contribution in [-0.2, 0) is 9.59 Å². The molecule has 2 N–H and O–H groups in total. The van der Waals surface area contributed by atoms with Gasteiger partial charge in [0.1, 0.15) is 5.41 Å². The molecule has 1 aliphatic rings. The molecule has 0 aromatic carbocycles. The molecule has 0 bridgehead atoms. The van der Waals surface area contributed by atoms with Gasteiger partial charge in [-0.15, -0.1) is 11.3 Å². The summed E-state index contributed by atoms with van der Waals surface area (Å²) in [5.41, 5.74) is -1.22. The summed E-state index contributed by atoms with van der Waals surface area (Å²) in [6.45, 7) is 1.88. The number of carbonyl (C=O) groups is 2. The first-order chi connectivity index (χ1) is 7.54. The Morgan fingerprint density at radius 3 is 2.62 bits per heavy atom. The van der Waals surface area contributed by atoms with E-state index in [0.717, 1.165) is 11.3 Å². The molecule has 86 valence electrons. The molecule has 1 aromatic rings. The summed E-state index contributed by atoms with van der Waals surface area (Å²) < 4.78 is 0. The van der Waals surface area contributed by atoms with E-state index < -0.39 is 17.3 Å². The van der Waals surface area contributed by atoms with E-state index in [1.54, 1.807) is 6.20 Å². The summed E-state index contributed by atoms with van der Waals surface area (Å²) in [7, 11) is 0. The van der Waals surface area contributed by atoms with Crippen molar-refractivity contribution in [2.24, 2.45) is 5.41 Å². The molecular formula is C10H12N2O3S. The van der Waals surface area contributed by atoms with Gasteiger partial charge in [-0.05, 0) is 19.8 Å². The van der Waals surface area contributed by atoms with Gasteiger partial charge in [-0.25, -0.2) is 4.98 Å². The van der Waals surface area contributed by atoms with Gasteiger partial charge in [-0.1, -0.05) is 6.42 Å². The van der Waals surface area contributed by atoms with Gasteiger partial charge in [-0.3, -0.25) is 9.59 Å². The van der Waals surface area contributed by atoms with Crippen LogP contribution >= 0.6 is 11.3 Å². The highest BCUT2D eigenvalue weighted by Crippen LogP contribution is 2.42. The van der Waals surface area contributed by atoms with Crippen LogP contribution in [0.5, 0.6) is 0 Å². The summed E-state index contributed by atoms with van der Waals surface area (Å²) in [6, 6.07) is 0. The number of hydrogen-bond acceptors (Lipinski definition) is 4. The molecule has 0 spiro atoms. The second kappa shape index (κ2) is 3.86. The molecular weight excluding hydrogens is 228 g/mol. The number of hydrogen-bond donors (Lipinski definition) is 2. The maximum Gasteiger partial charge on any atom is 0.319 e. The van der Waals surface area contributed by atoms with Crippen LogP contribution in [0.3, 0.4) is 0 Å². The van der Waals surface area contributed by atoms with Crippen LogP contribution in [0.25, 0.3) is 0 Å². The highest BCUT2D eigenvalue weighted by Gasteiger charge is 2.51. The van der Waals surface area contributed by atoms with Crippen LogP contribution < -0.4 is 5.32 Å². The zero-order valence-corrected chi connectivity index (χ0v) is 9.63. The molecule has 0 radical (unpaired) electrons. The van der Waals surface area contributed by atoms with Gasteiger partial charge < -0.3 is 10.4 Å². The predicted molar refractivity (Wildman–Crippen MR) is 59.4 cm³/mol. The zero-order valence-electron chi connectivity index (χ0n) is 8.82. The highest BCUT2D eigenvalue weighted by molar-refractivity contribution is 7.15. The third-order valence-electron chi connectivity index (χ3n) is 2.89. The maximum atomic E-state index is 11.8. The number of rotatable bonds is 3. The number of thiazole rings is 1. The lowest BCUT2D eigenvalue weighted by Gasteiger charge is -2.35. The van der Waals surface area contributed by atoms with Gasteiger partial charge in [0.15, 0.2) is 5.13 Å². The summed E-state index contributed by atoms with van der Waals surface area (Å²) in [5, 5.41) is 12.1. The number of nitrogens with one attached hydrogen (secondary N) is 1. The van der Waals surface area contributed by atoms with Crippen molar-refractivity contribution in [2.75, 3.05) is 5.32 Å². The van der Waals surface area contributed by atoms with Gasteiger partial charge in [-0.2, -0.15) is 0 Å². The average Bonchev–Trinajstić information content (AvgIpc) is 2.47. The second-order valence-electron chi connectivity index (χ2n) is 3.97. The second-order valence-corrected chi connectivity index (χ2v) is 5.21. The quantitative estimate of drug-likeness (QED) is 0.787. The Morgan fingerprint density at radius 2 is 2.25 bits per heavy atom. The molecule has 0 saturated heterocycles. The molecule has 1 amide bonds. The van der Waals surface area contributed by atoms with Crippen molar-refractivity contribution in [3.8, 4) is 0 Å². The summed E-state index contributed by atoms with van der Waals surface area (Å²) in [5.74, 6) is -1.48. The molecule has 0 unspecified atom stereocenters. The monoisotopic (exact) mass is 240 g/mol. The number of amides is 1. The van der Waals surface area contributed by atoms with E-state index in [2.05, 4.69) is 10.3 Å². The zero-order chi connectivity index (χ0) is 11.8. The first kappa shape index (κ1) is 11.1. The molecule has 6 heteroatoms. The Hall–Kier alpha value is -1.43. The summed E-state index contributed by atoms with van der Waals surface area (Å²) in [6.07, 6.45) is 3.27. The Balaban J connectivity index is 2.10. The molecule has 1 aromatic heterocycles. The van der Waals surface area contributed by atoms with E-state index in [9.17, 15) is 9.59 Å². The standard InChI is InChI=1S/C10H12N2O3S/c1-6-5-11-9(16-6)12-7(13)10(8(14)15)3-2-4-10/h5H,2-4H2,1H3,(H,14,15)(H,11,12,13). The lowest BCUT2D eigenvalue weighted by molar-refractivity contribution is -0.159. The molecule has 1 fully saturated rings. The SMILES string of the molecule is Cc1cnc(NC(=O)C2(C(=O)O)CCC2)s1. The molecule has 16 heavy (non-hydrogen) atoms. The highest BCUT2D eigenvalue weighted by atomic mass is 32.1. The molecule has 1 saturated carbocycles. The van der Waals surface area contributed by atoms with Crippen LogP contribution in [0.15, 0.2) is 6.20 Å². The number of anilines is 1. The fourth-order valence-corrected chi connectivity index (χ4v) is 2.36. The number of aromatic nitrogens is 1. The van der Waals surface area contributed by atoms with Crippen molar-refractivity contribution < 1.29 is 14.7 Å². The Kier molecular flexibility index (Phi) is 2.67. The molecule has 1 aliphatic carbocycles. The smallest absolute Gasteiger partial charge is 0.319 e. The number of carbonyl (C=O) groups excluding carboxylic acids is 1. The number of carboxylic acids is 1. The minimum Gasteiger partial charge on any atom is -0.480 e. The van der Waals surface area contributed by atoms with Crippen molar-refractivity contribution in [2.45, 2.75) is 26.2 Å². The summed E-state index contributed by atoms with van der Waals surface area (Å²) >= 11 is 1.34. The van der Waals surface area contributed by atoms with Crippen molar-refractivity contribution in [3.63, 3.8) is 0 Å². The van der Waals surface area contributed by atoms with Gasteiger partial charge in [0.25, 0.3) is 0 Å². The average molecular weight is 240 g/mol. The van der Waals surface area contributed by atoms with Gasteiger partial charge in [0.05, 0.1) is 0 Å². The number of carboxylic acid groups (broad SMARTS) is 1. The Bertz CT molecular complexity index is 437. The minimum atomic E-state index is -1.22. The topological polar surface area (TPSA) is 79.3 Å². The van der Waals surface area contributed by atoms with Crippen LogP contribution in [0.2, 0.25) is 0 Å². The number of nitrogens with zero attached hydrogens (tertiary/aromatic N) is 1. The molecule has 1 heterocycles. The molecule has 2 rings (SSSR count). The molecule has 0 aliphatic heterocycles. The third kappa shape index (κ3) is 1.69.